The van der Waals surface area contributed by atoms with Gasteiger partial charge in [-0.15, -0.1) is 0 Å². The highest BCUT2D eigenvalue weighted by molar-refractivity contribution is 5.65. The Hall–Kier alpha value is -3.20. The number of nitrogens with one attached hydrogen (secondary N) is 1. The van der Waals surface area contributed by atoms with E-state index in [0.29, 0.717) is 29.1 Å². The van der Waals surface area contributed by atoms with Crippen LogP contribution in [-0.4, -0.2) is 65.6 Å². The van der Waals surface area contributed by atoms with Crippen molar-refractivity contribution in [2.45, 2.75) is 45.3 Å². The number of aliphatic hydroxyl groups excluding tert-OH is 1. The Bertz CT molecular complexity index is 1100. The Kier molecular flexibility index (Phi) is 6.49. The third kappa shape index (κ3) is 3.98. The first-order valence-electron chi connectivity index (χ1n) is 11.1. The van der Waals surface area contributed by atoms with Crippen molar-refractivity contribution in [1.82, 2.24) is 20.3 Å². The quantitative estimate of drug-likeness (QED) is 0.516. The third-order valence-electron chi connectivity index (χ3n) is 6.53. The van der Waals surface area contributed by atoms with Gasteiger partial charge in [0, 0.05) is 36.7 Å². The number of aliphatic imine (C=N–C) groups is 1. The Labute approximate surface area is 197 Å². The van der Waals surface area contributed by atoms with Gasteiger partial charge in [-0.3, -0.25) is 20.3 Å². The van der Waals surface area contributed by atoms with Crippen molar-refractivity contribution in [2.24, 2.45) is 10.8 Å². The fraction of sp³-hybridized carbons (Fsp3) is 0.478. The standard InChI is InChI=1S/C23H29F2N7O2/c1-12(33)8-30-9-16(10-30)19-13(2)15(6-26)5-17(22(19)34-4)14(3)32-18-7-28-11-31(27)21(18)20(29-32)23(24)25/h5,7,11-12,14,16,23,29,33H,8-10,27H2,1-4H3/t12-,14?/m0/s1. The van der Waals surface area contributed by atoms with Crippen LogP contribution in [0.5, 0.6) is 5.75 Å². The number of nitriles is 1. The van der Waals surface area contributed by atoms with Gasteiger partial charge in [-0.1, -0.05) is 0 Å². The molecule has 0 radical (unpaired) electrons. The number of fused-ring (bicyclic) bond motifs is 1. The van der Waals surface area contributed by atoms with Gasteiger partial charge in [0.15, 0.2) is 0 Å². The largest absolute Gasteiger partial charge is 0.496 e. The van der Waals surface area contributed by atoms with Crippen molar-refractivity contribution in [2.75, 3.05) is 26.7 Å². The maximum absolute atomic E-state index is 13.8. The molecule has 0 spiro atoms. The molecule has 0 amide bonds. The van der Waals surface area contributed by atoms with Crippen molar-refractivity contribution >= 4 is 6.34 Å². The van der Waals surface area contributed by atoms with Crippen LogP contribution < -0.4 is 16.0 Å². The molecular formula is C23H29F2N7O2. The highest BCUT2D eigenvalue weighted by atomic mass is 19.3. The van der Waals surface area contributed by atoms with E-state index in [2.05, 4.69) is 21.4 Å². The van der Waals surface area contributed by atoms with E-state index in [-0.39, 0.29) is 17.3 Å². The predicted octanol–water partition coefficient (Wildman–Crippen LogP) is 2.07. The number of likely N-dealkylation sites (tertiary alicyclic amines) is 1. The lowest BCUT2D eigenvalue weighted by atomic mass is 9.83. The van der Waals surface area contributed by atoms with Crippen LogP contribution in [0.1, 0.15) is 48.1 Å². The van der Waals surface area contributed by atoms with E-state index in [1.165, 1.54) is 12.5 Å². The maximum atomic E-state index is 13.8. The number of hydrogen-bond donors (Lipinski definition) is 3. The number of ether oxygens (including phenoxy) is 1. The molecule has 1 aromatic rings. The number of β-amino-alcohol motifs (C(OH)–C–C–N with tert-alkyl or cyclic N) is 1. The van der Waals surface area contributed by atoms with Gasteiger partial charge in [0.2, 0.25) is 0 Å². The Morgan fingerprint density at radius 3 is 2.68 bits per heavy atom. The lowest BCUT2D eigenvalue weighted by Crippen LogP contribution is -2.48. The predicted molar refractivity (Wildman–Crippen MR) is 122 cm³/mol. The molecule has 0 saturated carbocycles. The molecule has 4 rings (SSSR count). The monoisotopic (exact) mass is 473 g/mol. The fourth-order valence-electron chi connectivity index (χ4n) is 4.94. The van der Waals surface area contributed by atoms with Crippen molar-refractivity contribution in [3.63, 3.8) is 0 Å². The first-order chi connectivity index (χ1) is 16.2. The van der Waals surface area contributed by atoms with Gasteiger partial charge in [0.25, 0.3) is 6.43 Å². The van der Waals surface area contributed by atoms with Crippen LogP contribution in [0.25, 0.3) is 0 Å². The number of allylic oxidation sites excluding steroid dienone is 1. The van der Waals surface area contributed by atoms with Gasteiger partial charge in [-0.25, -0.2) is 19.6 Å². The number of nitrogens with zero attached hydrogens (tertiary/aromatic N) is 5. The summed E-state index contributed by atoms with van der Waals surface area (Å²) in [4.78, 5) is 6.20. The molecule has 2 atom stereocenters. The Balaban J connectivity index is 1.73. The molecule has 34 heavy (non-hydrogen) atoms. The van der Waals surface area contributed by atoms with Crippen LogP contribution >= 0.6 is 0 Å². The highest BCUT2D eigenvalue weighted by Crippen LogP contribution is 2.45. The summed E-state index contributed by atoms with van der Waals surface area (Å²) in [5.74, 6) is 6.66. The lowest BCUT2D eigenvalue weighted by Gasteiger charge is -2.42. The summed E-state index contributed by atoms with van der Waals surface area (Å²) < 4.78 is 33.5. The molecule has 3 aliphatic heterocycles. The Morgan fingerprint density at radius 1 is 1.38 bits per heavy atom. The molecular weight excluding hydrogens is 444 g/mol. The van der Waals surface area contributed by atoms with Crippen LogP contribution in [0.2, 0.25) is 0 Å². The number of methoxy groups -OCH3 is 1. The molecule has 3 aliphatic rings. The molecule has 0 bridgehead atoms. The number of hydrazine groups is 2. The summed E-state index contributed by atoms with van der Waals surface area (Å²) >= 11 is 0. The van der Waals surface area contributed by atoms with Crippen LogP contribution in [0.4, 0.5) is 8.78 Å². The van der Waals surface area contributed by atoms with Crippen molar-refractivity contribution in [1.29, 1.82) is 5.26 Å². The average molecular weight is 474 g/mol. The van der Waals surface area contributed by atoms with Gasteiger partial charge < -0.3 is 9.84 Å². The zero-order chi connectivity index (χ0) is 24.7. The molecule has 9 nitrogen and oxygen atoms in total. The summed E-state index contributed by atoms with van der Waals surface area (Å²) in [6.45, 7) is 7.53. The second-order valence-corrected chi connectivity index (χ2v) is 8.87. The Morgan fingerprint density at radius 2 is 2.09 bits per heavy atom. The van der Waals surface area contributed by atoms with Gasteiger partial charge in [0.05, 0.1) is 37.1 Å². The number of halogens is 2. The van der Waals surface area contributed by atoms with Gasteiger partial charge in [-0.2, -0.15) is 5.26 Å². The third-order valence-corrected chi connectivity index (χ3v) is 6.53. The normalized spacial score (nSPS) is 20.1. The van der Waals surface area contributed by atoms with E-state index >= 15 is 0 Å². The summed E-state index contributed by atoms with van der Waals surface area (Å²) in [6.07, 6.45) is -0.450. The number of nitrogens with two attached hydrogens (primary N) is 1. The summed E-state index contributed by atoms with van der Waals surface area (Å²) in [5.41, 5.74) is 6.00. The van der Waals surface area contributed by atoms with Crippen LogP contribution in [-0.2, 0) is 0 Å². The zero-order valence-corrected chi connectivity index (χ0v) is 19.6. The molecule has 0 aromatic heterocycles. The number of benzene rings is 1. The minimum atomic E-state index is -2.77. The van der Waals surface area contributed by atoms with Crippen molar-refractivity contribution in [3.05, 3.63) is 51.6 Å². The number of hydrogen-bond acceptors (Lipinski definition) is 9. The molecule has 3 heterocycles. The first kappa shape index (κ1) is 23.9. The first-order valence-corrected chi connectivity index (χ1v) is 11.1. The SMILES string of the molecule is COc1c(C(C)N2NC(C(F)F)=C3C2=CN=CN3N)cc(C#N)c(C)c1C1CN(C[C@H](C)O)C1. The van der Waals surface area contributed by atoms with Gasteiger partial charge in [-0.05, 0) is 32.4 Å². The van der Waals surface area contributed by atoms with E-state index in [9.17, 15) is 19.1 Å². The number of aliphatic hydroxyl groups is 1. The molecule has 11 heteroatoms. The number of rotatable bonds is 7. The maximum Gasteiger partial charge on any atom is 0.281 e. The van der Waals surface area contributed by atoms with E-state index in [0.717, 1.165) is 29.2 Å². The fourth-order valence-corrected chi connectivity index (χ4v) is 4.94. The summed E-state index contributed by atoms with van der Waals surface area (Å²) in [6, 6.07) is 3.53. The summed E-state index contributed by atoms with van der Waals surface area (Å²) in [5, 5.41) is 22.2. The van der Waals surface area contributed by atoms with Crippen LogP contribution in [0, 0.1) is 18.3 Å². The molecule has 182 valence electrons. The zero-order valence-electron chi connectivity index (χ0n) is 19.6. The second-order valence-electron chi connectivity index (χ2n) is 8.87. The van der Waals surface area contributed by atoms with E-state index < -0.39 is 18.6 Å². The molecule has 1 aromatic carbocycles. The molecule has 0 aliphatic carbocycles. The van der Waals surface area contributed by atoms with Gasteiger partial charge >= 0.3 is 0 Å². The smallest absolute Gasteiger partial charge is 0.281 e. The number of alkyl halides is 2. The van der Waals surface area contributed by atoms with E-state index in [1.54, 1.807) is 25.1 Å². The van der Waals surface area contributed by atoms with E-state index in [4.69, 9.17) is 10.6 Å². The summed E-state index contributed by atoms with van der Waals surface area (Å²) in [7, 11) is 1.57. The van der Waals surface area contributed by atoms with Crippen molar-refractivity contribution in [3.8, 4) is 11.8 Å². The molecule has 1 saturated heterocycles. The molecule has 1 fully saturated rings. The average Bonchev–Trinajstić information content (AvgIpc) is 3.16. The van der Waals surface area contributed by atoms with Crippen LogP contribution in [0.3, 0.4) is 0 Å². The van der Waals surface area contributed by atoms with Crippen LogP contribution in [0.15, 0.2) is 34.3 Å². The molecule has 4 N–H and O–H groups in total. The second kappa shape index (κ2) is 9.21. The molecule has 1 unspecified atom stereocenters. The van der Waals surface area contributed by atoms with E-state index in [1.807, 2.05) is 13.8 Å². The lowest BCUT2D eigenvalue weighted by molar-refractivity contribution is 0.0731. The topological polar surface area (TPSA) is 113 Å². The minimum absolute atomic E-state index is 0.128. The van der Waals surface area contributed by atoms with Gasteiger partial charge in [0.1, 0.15) is 29.2 Å². The van der Waals surface area contributed by atoms with Crippen molar-refractivity contribution < 1.29 is 18.6 Å². The highest BCUT2D eigenvalue weighted by Gasteiger charge is 2.40. The minimum Gasteiger partial charge on any atom is -0.496 e.